The van der Waals surface area contributed by atoms with E-state index in [1.54, 1.807) is 0 Å². The molecule has 0 aromatic rings. The van der Waals surface area contributed by atoms with Gasteiger partial charge in [0, 0.05) is 6.42 Å². The van der Waals surface area contributed by atoms with Crippen LogP contribution in [0.2, 0.25) is 0 Å². The molecule has 0 bridgehead atoms. The van der Waals surface area contributed by atoms with Crippen molar-refractivity contribution in [3.8, 4) is 0 Å². The summed E-state index contributed by atoms with van der Waals surface area (Å²) in [6.45, 7) is 11.3. The fourth-order valence-electron chi connectivity index (χ4n) is 3.78. The lowest BCUT2D eigenvalue weighted by Gasteiger charge is -2.44. The molecular formula is C24H48NO+. The predicted molar refractivity (Wildman–Crippen MR) is 117 cm³/mol. The first-order chi connectivity index (χ1) is 12.4. The van der Waals surface area contributed by atoms with Crippen LogP contribution in [0.25, 0.3) is 0 Å². The number of carbonyl (C=O) groups is 1. The highest BCUT2D eigenvalue weighted by molar-refractivity contribution is 5.96. The number of nitrogens with zero attached hydrogens (tertiary/aromatic N) is 1. The zero-order valence-corrected chi connectivity index (χ0v) is 18.7. The summed E-state index contributed by atoms with van der Waals surface area (Å²) < 4.78 is 0.746. The highest BCUT2D eigenvalue weighted by atomic mass is 16.1. The van der Waals surface area contributed by atoms with Crippen molar-refractivity contribution >= 4 is 5.78 Å². The summed E-state index contributed by atoms with van der Waals surface area (Å²) in [5, 5.41) is 0. The third kappa shape index (κ3) is 9.35. The Morgan fingerprint density at radius 2 is 1.19 bits per heavy atom. The number of likely N-dealkylation sites (N-methyl/N-ethyl adjacent to an activating group) is 1. The van der Waals surface area contributed by atoms with Gasteiger partial charge in [0.15, 0.2) is 5.54 Å². The van der Waals surface area contributed by atoms with Crippen molar-refractivity contribution < 1.29 is 9.28 Å². The fourth-order valence-corrected chi connectivity index (χ4v) is 3.78. The normalized spacial score (nSPS) is 14.2. The second kappa shape index (κ2) is 14.4. The van der Waals surface area contributed by atoms with Crippen LogP contribution < -0.4 is 0 Å². The van der Waals surface area contributed by atoms with Crippen LogP contribution in [0.1, 0.15) is 111 Å². The van der Waals surface area contributed by atoms with Crippen molar-refractivity contribution in [2.75, 3.05) is 20.6 Å². The van der Waals surface area contributed by atoms with E-state index >= 15 is 0 Å². The van der Waals surface area contributed by atoms with Crippen LogP contribution >= 0.6 is 0 Å². The van der Waals surface area contributed by atoms with Crippen LogP contribution in [0.5, 0.6) is 0 Å². The molecule has 0 radical (unpaired) electrons. The number of hydrogen-bond donors (Lipinski definition) is 0. The van der Waals surface area contributed by atoms with Gasteiger partial charge in [-0.05, 0) is 26.3 Å². The first-order valence-electron chi connectivity index (χ1n) is 11.4. The number of ketones is 1. The molecule has 0 N–H and O–H groups in total. The van der Waals surface area contributed by atoms with Gasteiger partial charge in [0.1, 0.15) is 0 Å². The van der Waals surface area contributed by atoms with E-state index < -0.39 is 0 Å². The van der Waals surface area contributed by atoms with Crippen LogP contribution in [0.4, 0.5) is 0 Å². The molecule has 0 spiro atoms. The van der Waals surface area contributed by atoms with E-state index in [1.165, 1.54) is 83.1 Å². The van der Waals surface area contributed by atoms with Crippen LogP contribution in [0, 0.1) is 0 Å². The Bertz CT molecular complexity index is 374. The van der Waals surface area contributed by atoms with Crippen molar-refractivity contribution in [2.24, 2.45) is 0 Å². The van der Waals surface area contributed by atoms with E-state index in [1.807, 2.05) is 0 Å². The Balaban J connectivity index is 3.80. The fraction of sp³-hybridized carbons (Fsp3) is 0.875. The molecule has 0 saturated heterocycles. The summed E-state index contributed by atoms with van der Waals surface area (Å²) in [4.78, 5) is 12.5. The van der Waals surface area contributed by atoms with E-state index in [2.05, 4.69) is 41.4 Å². The minimum atomic E-state index is -0.325. The lowest BCUT2D eigenvalue weighted by molar-refractivity contribution is -0.927. The van der Waals surface area contributed by atoms with Gasteiger partial charge in [0.2, 0.25) is 5.78 Å². The Morgan fingerprint density at radius 1 is 0.808 bits per heavy atom. The third-order valence-corrected chi connectivity index (χ3v) is 6.61. The maximum atomic E-state index is 12.5. The molecule has 0 rings (SSSR count). The molecule has 1 unspecified atom stereocenters. The van der Waals surface area contributed by atoms with Gasteiger partial charge in [-0.1, -0.05) is 90.6 Å². The molecule has 0 aliphatic rings. The molecule has 0 aromatic carbocycles. The average molecular weight is 367 g/mol. The highest BCUT2D eigenvalue weighted by Crippen LogP contribution is 2.29. The van der Waals surface area contributed by atoms with Gasteiger partial charge in [-0.25, -0.2) is 0 Å². The molecule has 2 heteroatoms. The van der Waals surface area contributed by atoms with Gasteiger partial charge >= 0.3 is 0 Å². The van der Waals surface area contributed by atoms with Crippen LogP contribution in [0.3, 0.4) is 0 Å². The van der Waals surface area contributed by atoms with Crippen molar-refractivity contribution in [3.05, 3.63) is 12.7 Å². The standard InChI is InChI=1S/C24H48NO/c1-7-10-11-12-13-14-15-16-17-18-19-20-21-22-24(4,23(26)8-2)25(5,6)9-3/h8H,2,7,9-22H2,1,3-6H3/q+1. The molecule has 1 atom stereocenters. The third-order valence-electron chi connectivity index (χ3n) is 6.61. The number of hydrogen-bond acceptors (Lipinski definition) is 1. The second-order valence-electron chi connectivity index (χ2n) is 8.84. The first-order valence-corrected chi connectivity index (χ1v) is 11.4. The van der Waals surface area contributed by atoms with Crippen LogP contribution in [0.15, 0.2) is 12.7 Å². The maximum absolute atomic E-state index is 12.5. The van der Waals surface area contributed by atoms with Gasteiger partial charge in [0.25, 0.3) is 0 Å². The number of rotatable bonds is 18. The van der Waals surface area contributed by atoms with E-state index in [0.717, 1.165) is 23.9 Å². The van der Waals surface area contributed by atoms with Crippen molar-refractivity contribution in [1.82, 2.24) is 0 Å². The molecule has 154 valence electrons. The van der Waals surface area contributed by atoms with Gasteiger partial charge in [0.05, 0.1) is 20.6 Å². The number of unbranched alkanes of at least 4 members (excludes halogenated alkanes) is 12. The lowest BCUT2D eigenvalue weighted by atomic mass is 9.85. The van der Waals surface area contributed by atoms with Gasteiger partial charge < -0.3 is 4.48 Å². The van der Waals surface area contributed by atoms with Crippen LogP contribution in [-0.2, 0) is 4.79 Å². The SMILES string of the molecule is C=CC(=O)C(C)(CCCCCCCCCCCCCCC)[N+](C)(C)CC. The first kappa shape index (κ1) is 25.4. The molecule has 0 saturated carbocycles. The Hall–Kier alpha value is -0.630. The van der Waals surface area contributed by atoms with E-state index in [0.29, 0.717) is 0 Å². The van der Waals surface area contributed by atoms with Gasteiger partial charge in [-0.15, -0.1) is 0 Å². The quantitative estimate of drug-likeness (QED) is 0.144. The molecule has 26 heavy (non-hydrogen) atoms. The highest BCUT2D eigenvalue weighted by Gasteiger charge is 2.44. The Labute approximate surface area is 165 Å². The topological polar surface area (TPSA) is 17.1 Å². The van der Waals surface area contributed by atoms with Crippen molar-refractivity contribution in [1.29, 1.82) is 0 Å². The maximum Gasteiger partial charge on any atom is 0.214 e. The van der Waals surface area contributed by atoms with Gasteiger partial charge in [-0.3, -0.25) is 4.79 Å². The van der Waals surface area contributed by atoms with Crippen molar-refractivity contribution in [3.63, 3.8) is 0 Å². The zero-order valence-electron chi connectivity index (χ0n) is 18.7. The average Bonchev–Trinajstić information content (AvgIpc) is 2.64. The molecule has 0 aliphatic carbocycles. The smallest absolute Gasteiger partial charge is 0.214 e. The molecule has 0 fully saturated rings. The molecule has 0 amide bonds. The molecule has 2 nitrogen and oxygen atoms in total. The summed E-state index contributed by atoms with van der Waals surface area (Å²) in [6, 6.07) is 0. The van der Waals surface area contributed by atoms with E-state index in [9.17, 15) is 4.79 Å². The van der Waals surface area contributed by atoms with E-state index in [-0.39, 0.29) is 11.3 Å². The number of quaternary nitrogens is 1. The summed E-state index contributed by atoms with van der Waals surface area (Å²) in [5.74, 6) is 0.197. The molecular weight excluding hydrogens is 318 g/mol. The minimum absolute atomic E-state index is 0.197. The number of carbonyl (C=O) groups excluding carboxylic acids is 1. The monoisotopic (exact) mass is 366 g/mol. The summed E-state index contributed by atoms with van der Waals surface area (Å²) >= 11 is 0. The Morgan fingerprint density at radius 3 is 1.54 bits per heavy atom. The van der Waals surface area contributed by atoms with Gasteiger partial charge in [-0.2, -0.15) is 0 Å². The molecule has 0 aromatic heterocycles. The lowest BCUT2D eigenvalue weighted by Crippen LogP contribution is -2.61. The van der Waals surface area contributed by atoms with E-state index in [4.69, 9.17) is 0 Å². The Kier molecular flexibility index (Phi) is 14.1. The predicted octanol–water partition coefficient (Wildman–Crippen LogP) is 7.08. The summed E-state index contributed by atoms with van der Waals surface area (Å²) in [6.07, 6.45) is 20.2. The summed E-state index contributed by atoms with van der Waals surface area (Å²) in [7, 11) is 4.34. The summed E-state index contributed by atoms with van der Waals surface area (Å²) in [5.41, 5.74) is -0.325. The second-order valence-corrected chi connectivity index (χ2v) is 8.84. The minimum Gasteiger partial charge on any atom is -0.318 e. The van der Waals surface area contributed by atoms with Crippen LogP contribution in [-0.4, -0.2) is 36.4 Å². The molecule has 0 aliphatic heterocycles. The van der Waals surface area contributed by atoms with Crippen molar-refractivity contribution in [2.45, 2.75) is 116 Å². The zero-order chi connectivity index (χ0) is 19.9. The molecule has 0 heterocycles. The largest absolute Gasteiger partial charge is 0.318 e.